The number of rotatable bonds is 7. The van der Waals surface area contributed by atoms with Crippen LogP contribution in [0, 0.1) is 13.8 Å². The highest BCUT2D eigenvalue weighted by Gasteiger charge is 2.09. The standard InChI is InChI=1S/C21H23N3OS/c1-16-8-9-19(14-17(16)2)24-13-12-23-21(24)26-15-20(25)22-11-10-18-6-4-3-5-7-18/h3-9,12-14H,10-11,15H2,1-2H3,(H,22,25). The molecule has 0 aliphatic rings. The minimum atomic E-state index is 0.0283. The van der Waals surface area contributed by atoms with Crippen molar-refractivity contribution in [1.82, 2.24) is 14.9 Å². The molecule has 1 aromatic heterocycles. The molecule has 0 fully saturated rings. The molecule has 0 aliphatic heterocycles. The Bertz CT molecular complexity index is 874. The fourth-order valence-electron chi connectivity index (χ4n) is 2.64. The smallest absolute Gasteiger partial charge is 0.230 e. The van der Waals surface area contributed by atoms with E-state index in [4.69, 9.17) is 0 Å². The van der Waals surface area contributed by atoms with Crippen LogP contribution >= 0.6 is 11.8 Å². The molecule has 1 amide bonds. The zero-order valence-corrected chi connectivity index (χ0v) is 15.9. The van der Waals surface area contributed by atoms with Crippen molar-refractivity contribution in [1.29, 1.82) is 0 Å². The van der Waals surface area contributed by atoms with E-state index in [1.807, 2.05) is 29.0 Å². The number of nitrogens with one attached hydrogen (secondary N) is 1. The molecule has 134 valence electrons. The van der Waals surface area contributed by atoms with Crippen LogP contribution in [0.25, 0.3) is 5.69 Å². The predicted octanol–water partition coefficient (Wildman–Crippen LogP) is 3.94. The van der Waals surface area contributed by atoms with E-state index in [1.165, 1.54) is 28.5 Å². The third-order valence-electron chi connectivity index (χ3n) is 4.29. The fourth-order valence-corrected chi connectivity index (χ4v) is 3.44. The Labute approximate surface area is 158 Å². The van der Waals surface area contributed by atoms with Crippen molar-refractivity contribution in [2.24, 2.45) is 0 Å². The van der Waals surface area contributed by atoms with Crippen LogP contribution in [0.5, 0.6) is 0 Å². The summed E-state index contributed by atoms with van der Waals surface area (Å²) in [4.78, 5) is 16.5. The summed E-state index contributed by atoms with van der Waals surface area (Å²) in [5.41, 5.74) is 4.80. The van der Waals surface area contributed by atoms with Crippen molar-refractivity contribution >= 4 is 17.7 Å². The maximum absolute atomic E-state index is 12.1. The molecule has 2 aromatic carbocycles. The van der Waals surface area contributed by atoms with Crippen molar-refractivity contribution in [2.75, 3.05) is 12.3 Å². The molecule has 4 nitrogen and oxygen atoms in total. The summed E-state index contributed by atoms with van der Waals surface area (Å²) in [6.45, 7) is 4.85. The number of nitrogens with zero attached hydrogens (tertiary/aromatic N) is 2. The summed E-state index contributed by atoms with van der Waals surface area (Å²) in [6, 6.07) is 16.5. The number of thioether (sulfide) groups is 1. The normalized spacial score (nSPS) is 10.7. The number of carbonyl (C=O) groups is 1. The molecular weight excluding hydrogens is 342 g/mol. The molecule has 5 heteroatoms. The van der Waals surface area contributed by atoms with E-state index in [2.05, 4.69) is 54.5 Å². The van der Waals surface area contributed by atoms with Gasteiger partial charge in [0.25, 0.3) is 0 Å². The van der Waals surface area contributed by atoms with Gasteiger partial charge in [0.1, 0.15) is 0 Å². The molecule has 1 N–H and O–H groups in total. The lowest BCUT2D eigenvalue weighted by Gasteiger charge is -2.10. The van der Waals surface area contributed by atoms with Crippen molar-refractivity contribution < 1.29 is 4.79 Å². The fraction of sp³-hybridized carbons (Fsp3) is 0.238. The quantitative estimate of drug-likeness (QED) is 0.645. The third kappa shape index (κ3) is 4.76. The molecule has 0 unspecified atom stereocenters. The van der Waals surface area contributed by atoms with E-state index >= 15 is 0 Å². The highest BCUT2D eigenvalue weighted by Crippen LogP contribution is 2.22. The molecule has 3 rings (SSSR count). The SMILES string of the molecule is Cc1ccc(-n2ccnc2SCC(=O)NCCc2ccccc2)cc1C. The Balaban J connectivity index is 1.53. The predicted molar refractivity (Wildman–Crippen MR) is 107 cm³/mol. The van der Waals surface area contributed by atoms with Crippen molar-refractivity contribution in [3.8, 4) is 5.69 Å². The number of amides is 1. The summed E-state index contributed by atoms with van der Waals surface area (Å²) in [6.07, 6.45) is 4.54. The van der Waals surface area contributed by atoms with Gasteiger partial charge in [-0.05, 0) is 49.1 Å². The van der Waals surface area contributed by atoms with Gasteiger partial charge in [-0.3, -0.25) is 9.36 Å². The van der Waals surface area contributed by atoms with E-state index < -0.39 is 0 Å². The summed E-state index contributed by atoms with van der Waals surface area (Å²) in [5.74, 6) is 0.386. The molecule has 26 heavy (non-hydrogen) atoms. The minimum absolute atomic E-state index is 0.0283. The van der Waals surface area contributed by atoms with Gasteiger partial charge in [0, 0.05) is 24.6 Å². The zero-order valence-electron chi connectivity index (χ0n) is 15.1. The second-order valence-corrected chi connectivity index (χ2v) is 7.17. The number of hydrogen-bond acceptors (Lipinski definition) is 3. The summed E-state index contributed by atoms with van der Waals surface area (Å²) in [7, 11) is 0. The number of imidazole rings is 1. The van der Waals surface area contributed by atoms with Crippen molar-refractivity contribution in [3.05, 3.63) is 77.6 Å². The van der Waals surface area contributed by atoms with E-state index in [-0.39, 0.29) is 5.91 Å². The largest absolute Gasteiger partial charge is 0.355 e. The molecule has 0 atom stereocenters. The highest BCUT2D eigenvalue weighted by molar-refractivity contribution is 7.99. The van der Waals surface area contributed by atoms with Crippen LogP contribution < -0.4 is 5.32 Å². The average molecular weight is 366 g/mol. The van der Waals surface area contributed by atoms with E-state index in [0.29, 0.717) is 12.3 Å². The number of benzene rings is 2. The van der Waals surface area contributed by atoms with Gasteiger partial charge in [-0.25, -0.2) is 4.98 Å². The first-order chi connectivity index (χ1) is 12.6. The lowest BCUT2D eigenvalue weighted by molar-refractivity contribution is -0.118. The maximum Gasteiger partial charge on any atom is 0.230 e. The molecule has 0 spiro atoms. The molecule has 0 saturated carbocycles. The molecule has 0 radical (unpaired) electrons. The molecule has 0 aliphatic carbocycles. The third-order valence-corrected chi connectivity index (χ3v) is 5.25. The Kier molecular flexibility index (Phi) is 6.12. The van der Waals surface area contributed by atoms with Gasteiger partial charge in [0.05, 0.1) is 5.75 Å². The summed E-state index contributed by atoms with van der Waals surface area (Å²) >= 11 is 1.45. The summed E-state index contributed by atoms with van der Waals surface area (Å²) < 4.78 is 2.02. The van der Waals surface area contributed by atoms with Crippen LogP contribution in [0.1, 0.15) is 16.7 Å². The van der Waals surface area contributed by atoms with E-state index in [0.717, 1.165) is 17.3 Å². The molecule has 0 bridgehead atoms. The molecular formula is C21H23N3OS. The Hall–Kier alpha value is -2.53. The number of aryl methyl sites for hydroxylation is 2. The number of hydrogen-bond donors (Lipinski definition) is 1. The van der Waals surface area contributed by atoms with Gasteiger partial charge in [-0.15, -0.1) is 0 Å². The van der Waals surface area contributed by atoms with Gasteiger partial charge in [0.2, 0.25) is 5.91 Å². The Morgan fingerprint density at radius 3 is 2.69 bits per heavy atom. The van der Waals surface area contributed by atoms with Crippen LogP contribution in [-0.2, 0) is 11.2 Å². The van der Waals surface area contributed by atoms with E-state index in [9.17, 15) is 4.79 Å². The van der Waals surface area contributed by atoms with Gasteiger partial charge in [-0.1, -0.05) is 48.2 Å². The Morgan fingerprint density at radius 1 is 1.12 bits per heavy atom. The van der Waals surface area contributed by atoms with E-state index in [1.54, 1.807) is 6.20 Å². The second-order valence-electron chi connectivity index (χ2n) is 6.22. The molecule has 1 heterocycles. The van der Waals surface area contributed by atoms with Crippen LogP contribution in [0.15, 0.2) is 66.1 Å². The van der Waals surface area contributed by atoms with Crippen LogP contribution in [0.3, 0.4) is 0 Å². The van der Waals surface area contributed by atoms with Crippen LogP contribution in [0.2, 0.25) is 0 Å². The minimum Gasteiger partial charge on any atom is -0.355 e. The molecule has 0 saturated heterocycles. The first kappa shape index (κ1) is 18.3. The van der Waals surface area contributed by atoms with Crippen molar-refractivity contribution in [2.45, 2.75) is 25.4 Å². The number of carbonyl (C=O) groups excluding carboxylic acids is 1. The monoisotopic (exact) mass is 365 g/mol. The van der Waals surface area contributed by atoms with Gasteiger partial charge < -0.3 is 5.32 Å². The summed E-state index contributed by atoms with van der Waals surface area (Å²) in [5, 5.41) is 3.80. The van der Waals surface area contributed by atoms with Crippen LogP contribution in [0.4, 0.5) is 0 Å². The first-order valence-electron chi connectivity index (χ1n) is 8.68. The average Bonchev–Trinajstić information content (AvgIpc) is 3.12. The molecule has 3 aromatic rings. The lowest BCUT2D eigenvalue weighted by Crippen LogP contribution is -2.27. The first-order valence-corrected chi connectivity index (χ1v) is 9.66. The Morgan fingerprint density at radius 2 is 1.92 bits per heavy atom. The number of aromatic nitrogens is 2. The maximum atomic E-state index is 12.1. The zero-order chi connectivity index (χ0) is 18.4. The van der Waals surface area contributed by atoms with Gasteiger partial charge >= 0.3 is 0 Å². The van der Waals surface area contributed by atoms with Crippen molar-refractivity contribution in [3.63, 3.8) is 0 Å². The van der Waals surface area contributed by atoms with Crippen LogP contribution in [-0.4, -0.2) is 27.8 Å². The van der Waals surface area contributed by atoms with Gasteiger partial charge in [0.15, 0.2) is 5.16 Å². The van der Waals surface area contributed by atoms with Gasteiger partial charge in [-0.2, -0.15) is 0 Å². The topological polar surface area (TPSA) is 46.9 Å². The highest BCUT2D eigenvalue weighted by atomic mass is 32.2. The lowest BCUT2D eigenvalue weighted by atomic mass is 10.1. The second kappa shape index (κ2) is 8.72.